The molecule has 0 bridgehead atoms. The molecule has 0 spiro atoms. The molecule has 1 aromatic rings. The van der Waals surface area contributed by atoms with Crippen molar-refractivity contribution in [2.75, 3.05) is 0 Å². The molecule has 0 unspecified atom stereocenters. The summed E-state index contributed by atoms with van der Waals surface area (Å²) in [4.78, 5) is 3.76. The molecule has 0 aromatic carbocycles. The first-order valence-electron chi connectivity index (χ1n) is 3.99. The highest BCUT2D eigenvalue weighted by Gasteiger charge is 2.18. The number of hydrogen-bond donors (Lipinski definition) is 0. The first kappa shape index (κ1) is 12.8. The summed E-state index contributed by atoms with van der Waals surface area (Å²) < 4.78 is 25.8. The van der Waals surface area contributed by atoms with Gasteiger partial charge < -0.3 is 0 Å². The topological polar surface area (TPSA) is 36.7 Å². The first-order chi connectivity index (χ1) is 7.10. The van der Waals surface area contributed by atoms with Crippen LogP contribution in [-0.2, 0) is 11.8 Å². The van der Waals surface area contributed by atoms with E-state index in [1.807, 2.05) is 28.7 Å². The number of rotatable bonds is 3. The molecule has 0 amide bonds. The number of hydrogen-bond acceptors (Lipinski definition) is 2. The van der Waals surface area contributed by atoms with Gasteiger partial charge in [0.05, 0.1) is 12.5 Å². The number of aromatic nitrogens is 1. The van der Waals surface area contributed by atoms with Crippen molar-refractivity contribution in [2.24, 2.45) is 0 Å². The molecule has 0 aliphatic rings. The molecule has 0 N–H and O–H groups in total. The smallest absolute Gasteiger partial charge is 0.241 e. The zero-order chi connectivity index (χ0) is 11.4. The summed E-state index contributed by atoms with van der Waals surface area (Å²) in [6.07, 6.45) is -2.68. The van der Waals surface area contributed by atoms with Crippen LogP contribution in [0.25, 0.3) is 0 Å². The molecule has 0 saturated heterocycles. The molecule has 15 heavy (non-hydrogen) atoms. The summed E-state index contributed by atoms with van der Waals surface area (Å²) in [7, 11) is 0. The molecule has 0 fully saturated rings. The van der Waals surface area contributed by atoms with Gasteiger partial charge in [-0.25, -0.2) is 13.8 Å². The van der Waals surface area contributed by atoms with Crippen LogP contribution in [0, 0.1) is 15.0 Å². The number of alkyl halides is 3. The van der Waals surface area contributed by atoms with Gasteiger partial charge >= 0.3 is 0 Å². The Labute approximate surface area is 108 Å². The fraction of sp³-hybridized carbons (Fsp3) is 0.333. The highest BCUT2D eigenvalue weighted by Crippen LogP contribution is 2.26. The predicted octanol–water partition coefficient (Wildman–Crippen LogP) is 3.58. The van der Waals surface area contributed by atoms with Crippen LogP contribution >= 0.6 is 38.5 Å². The maximum Gasteiger partial charge on any atom is 0.280 e. The number of nitriles is 1. The highest BCUT2D eigenvalue weighted by atomic mass is 127. The summed E-state index contributed by atoms with van der Waals surface area (Å²) in [5, 5.41) is 9.02. The zero-order valence-electron chi connectivity index (χ0n) is 7.48. The molecule has 1 heterocycles. The van der Waals surface area contributed by atoms with E-state index in [1.165, 1.54) is 0 Å². The van der Waals surface area contributed by atoms with Crippen LogP contribution in [0.15, 0.2) is 6.07 Å². The van der Waals surface area contributed by atoms with Gasteiger partial charge in [-0.3, -0.25) is 0 Å². The summed E-state index contributed by atoms with van der Waals surface area (Å²) in [5.74, 6) is 0. The number of nitrogens with zero attached hydrogens (tertiary/aromatic N) is 2. The number of halogens is 4. The molecule has 0 aliphatic heterocycles. The van der Waals surface area contributed by atoms with Crippen LogP contribution in [0.1, 0.15) is 23.2 Å². The van der Waals surface area contributed by atoms with Crippen LogP contribution < -0.4 is 0 Å². The molecule has 1 rings (SSSR count). The van der Waals surface area contributed by atoms with Gasteiger partial charge in [0.25, 0.3) is 6.43 Å². The van der Waals surface area contributed by atoms with Crippen LogP contribution in [0.5, 0.6) is 0 Å². The van der Waals surface area contributed by atoms with E-state index in [2.05, 4.69) is 20.9 Å². The normalized spacial score (nSPS) is 10.4. The van der Waals surface area contributed by atoms with Gasteiger partial charge in [0.15, 0.2) is 0 Å². The van der Waals surface area contributed by atoms with Gasteiger partial charge in [0.2, 0.25) is 0 Å². The lowest BCUT2D eigenvalue weighted by molar-refractivity contribution is 0.144. The highest BCUT2D eigenvalue weighted by molar-refractivity contribution is 14.1. The maximum absolute atomic E-state index is 12.7. The average Bonchev–Trinajstić information content (AvgIpc) is 2.19. The minimum absolute atomic E-state index is 0.0372. The molecule has 0 aliphatic carbocycles. The van der Waals surface area contributed by atoms with Gasteiger partial charge in [-0.05, 0) is 39.8 Å². The van der Waals surface area contributed by atoms with Crippen molar-refractivity contribution in [2.45, 2.75) is 18.2 Å². The second-order valence-electron chi connectivity index (χ2n) is 2.74. The Balaban J connectivity index is 3.34. The minimum atomic E-state index is -2.64. The molecule has 1 aromatic heterocycles. The lowest BCUT2D eigenvalue weighted by atomic mass is 10.1. The quantitative estimate of drug-likeness (QED) is 0.452. The van der Waals surface area contributed by atoms with Crippen LogP contribution in [0.3, 0.4) is 0 Å². The number of pyridine rings is 1. The maximum atomic E-state index is 12.7. The van der Waals surface area contributed by atoms with Crippen molar-refractivity contribution in [1.82, 2.24) is 4.98 Å². The molecule has 0 saturated carbocycles. The Hall–Kier alpha value is -0.290. The predicted molar refractivity (Wildman–Crippen MR) is 63.9 cm³/mol. The van der Waals surface area contributed by atoms with Crippen LogP contribution in [-0.4, -0.2) is 4.98 Å². The molecular weight excluding hydrogens is 381 g/mol. The third-order valence-electron chi connectivity index (χ3n) is 1.82. The van der Waals surface area contributed by atoms with Crippen molar-refractivity contribution >= 4 is 38.5 Å². The fourth-order valence-corrected chi connectivity index (χ4v) is 2.33. The Morgan fingerprint density at radius 1 is 1.60 bits per heavy atom. The van der Waals surface area contributed by atoms with Crippen molar-refractivity contribution in [3.8, 4) is 6.07 Å². The molecule has 2 nitrogen and oxygen atoms in total. The third kappa shape index (κ3) is 3.08. The molecule has 6 heteroatoms. The Morgan fingerprint density at radius 2 is 2.27 bits per heavy atom. The monoisotopic (exact) mass is 386 g/mol. The minimum Gasteiger partial charge on any atom is -0.241 e. The SMILES string of the molecule is N#CCc1c(CBr)cc(I)nc1C(F)F. The molecule has 80 valence electrons. The van der Waals surface area contributed by atoms with Crippen LogP contribution in [0.2, 0.25) is 0 Å². The van der Waals surface area contributed by atoms with E-state index < -0.39 is 6.43 Å². The van der Waals surface area contributed by atoms with Crippen molar-refractivity contribution in [3.05, 3.63) is 26.6 Å². The summed E-state index contributed by atoms with van der Waals surface area (Å²) in [6.45, 7) is 0. The fourth-order valence-electron chi connectivity index (χ4n) is 1.19. The molecular formula is C9H6BrF2IN2. The van der Waals surface area contributed by atoms with Crippen molar-refractivity contribution in [1.29, 1.82) is 5.26 Å². The Bertz CT molecular complexity index is 404. The van der Waals surface area contributed by atoms with Gasteiger partial charge in [0, 0.05) is 5.33 Å². The van der Waals surface area contributed by atoms with Crippen LogP contribution in [0.4, 0.5) is 8.78 Å². The van der Waals surface area contributed by atoms with E-state index in [1.54, 1.807) is 6.07 Å². The Kier molecular flexibility index (Phi) is 4.86. The lowest BCUT2D eigenvalue weighted by Crippen LogP contribution is -2.04. The van der Waals surface area contributed by atoms with Gasteiger partial charge in [0.1, 0.15) is 9.39 Å². The van der Waals surface area contributed by atoms with E-state index in [0.717, 1.165) is 0 Å². The summed E-state index contributed by atoms with van der Waals surface area (Å²) in [6, 6.07) is 3.58. The first-order valence-corrected chi connectivity index (χ1v) is 6.19. The van der Waals surface area contributed by atoms with E-state index in [-0.39, 0.29) is 12.1 Å². The Morgan fingerprint density at radius 3 is 2.73 bits per heavy atom. The standard InChI is InChI=1S/C9H6BrF2IN2/c10-4-5-3-7(13)15-8(9(11)12)6(5)1-2-14/h3,9H,1,4H2. The summed E-state index contributed by atoms with van der Waals surface area (Å²) >= 11 is 5.09. The van der Waals surface area contributed by atoms with E-state index >= 15 is 0 Å². The third-order valence-corrected chi connectivity index (χ3v) is 2.98. The van der Waals surface area contributed by atoms with E-state index in [0.29, 0.717) is 20.2 Å². The van der Waals surface area contributed by atoms with Gasteiger partial charge in [-0.2, -0.15) is 5.26 Å². The van der Waals surface area contributed by atoms with Gasteiger partial charge in [-0.15, -0.1) is 0 Å². The summed E-state index contributed by atoms with van der Waals surface area (Å²) in [5.41, 5.74) is 0.758. The van der Waals surface area contributed by atoms with Crippen molar-refractivity contribution < 1.29 is 8.78 Å². The molecule has 0 radical (unpaired) electrons. The average molecular weight is 387 g/mol. The largest absolute Gasteiger partial charge is 0.280 e. The zero-order valence-corrected chi connectivity index (χ0v) is 11.2. The lowest BCUT2D eigenvalue weighted by Gasteiger charge is -2.10. The molecule has 0 atom stereocenters. The van der Waals surface area contributed by atoms with E-state index in [4.69, 9.17) is 5.26 Å². The van der Waals surface area contributed by atoms with E-state index in [9.17, 15) is 8.78 Å². The van der Waals surface area contributed by atoms with Gasteiger partial charge in [-0.1, -0.05) is 15.9 Å². The second kappa shape index (κ2) is 5.70. The second-order valence-corrected chi connectivity index (χ2v) is 4.40. The van der Waals surface area contributed by atoms with Crippen molar-refractivity contribution in [3.63, 3.8) is 0 Å².